The fraction of sp³-hybridized carbons (Fsp3) is 0.316. The summed E-state index contributed by atoms with van der Waals surface area (Å²) in [4.78, 5) is 14.3. The van der Waals surface area contributed by atoms with Crippen LogP contribution in [0.5, 0.6) is 0 Å². The predicted octanol–water partition coefficient (Wildman–Crippen LogP) is 4.73. The average molecular weight is 361 g/mol. The Kier molecular flexibility index (Phi) is 6.05. The Labute approximate surface area is 152 Å². The molecule has 1 aliphatic heterocycles. The van der Waals surface area contributed by atoms with Gasteiger partial charge in [0.15, 0.2) is 0 Å². The van der Waals surface area contributed by atoms with Crippen LogP contribution in [0.15, 0.2) is 54.6 Å². The van der Waals surface area contributed by atoms with Gasteiger partial charge in [-0.15, -0.1) is 0 Å². The van der Waals surface area contributed by atoms with Crippen molar-refractivity contribution in [2.45, 2.75) is 18.2 Å². The van der Waals surface area contributed by atoms with E-state index in [2.05, 4.69) is 29.6 Å². The van der Waals surface area contributed by atoms with Gasteiger partial charge in [0, 0.05) is 35.7 Å². The van der Waals surface area contributed by atoms with Gasteiger partial charge in [0.05, 0.1) is 0 Å². The molecule has 0 aromatic heterocycles. The third-order valence-corrected chi connectivity index (χ3v) is 5.74. The van der Waals surface area contributed by atoms with Crippen molar-refractivity contribution >= 4 is 29.4 Å². The lowest BCUT2D eigenvalue weighted by atomic mass is 10.1. The maximum Gasteiger partial charge on any atom is 0.317 e. The van der Waals surface area contributed by atoms with Crippen molar-refractivity contribution in [3.8, 4) is 0 Å². The molecule has 1 aliphatic rings. The van der Waals surface area contributed by atoms with Crippen molar-refractivity contribution in [3.63, 3.8) is 0 Å². The van der Waals surface area contributed by atoms with E-state index in [-0.39, 0.29) is 6.03 Å². The van der Waals surface area contributed by atoms with Crippen LogP contribution in [-0.4, -0.2) is 29.8 Å². The summed E-state index contributed by atoms with van der Waals surface area (Å²) in [6.07, 6.45) is 0.989. The number of hydrogen-bond donors (Lipinski definition) is 1. The number of hydrogen-bond acceptors (Lipinski definition) is 2. The van der Waals surface area contributed by atoms with E-state index in [1.165, 1.54) is 5.56 Å². The molecule has 24 heavy (non-hydrogen) atoms. The van der Waals surface area contributed by atoms with Crippen LogP contribution in [0.4, 0.5) is 4.79 Å². The van der Waals surface area contributed by atoms with Gasteiger partial charge in [0.2, 0.25) is 0 Å². The van der Waals surface area contributed by atoms with E-state index in [1.807, 2.05) is 47.0 Å². The quantitative estimate of drug-likeness (QED) is 0.858. The molecular formula is C19H21ClN2OS. The van der Waals surface area contributed by atoms with Gasteiger partial charge >= 0.3 is 6.03 Å². The van der Waals surface area contributed by atoms with Crippen LogP contribution >= 0.6 is 23.4 Å². The number of nitrogens with one attached hydrogen (secondary N) is 1. The summed E-state index contributed by atoms with van der Waals surface area (Å²) in [7, 11) is 0. The monoisotopic (exact) mass is 360 g/mol. The summed E-state index contributed by atoms with van der Waals surface area (Å²) in [5.41, 5.74) is 2.41. The lowest BCUT2D eigenvalue weighted by molar-refractivity contribution is 0.200. The SMILES string of the molecule is O=C(NCc1ccc(Cl)cc1)N1CCS[C@H](c2ccccc2)CC1. The number of rotatable bonds is 3. The molecule has 1 fully saturated rings. The number of urea groups is 1. The van der Waals surface area contributed by atoms with E-state index >= 15 is 0 Å². The third kappa shape index (κ3) is 4.68. The van der Waals surface area contributed by atoms with Gasteiger partial charge in [0.25, 0.3) is 0 Å². The van der Waals surface area contributed by atoms with Gasteiger partial charge in [-0.25, -0.2) is 4.79 Å². The van der Waals surface area contributed by atoms with E-state index in [0.717, 1.165) is 30.8 Å². The summed E-state index contributed by atoms with van der Waals surface area (Å²) in [6.45, 7) is 2.11. The van der Waals surface area contributed by atoms with Crippen molar-refractivity contribution in [1.82, 2.24) is 10.2 Å². The van der Waals surface area contributed by atoms with Crippen LogP contribution in [0, 0.1) is 0 Å². The molecule has 0 unspecified atom stereocenters. The summed E-state index contributed by atoms with van der Waals surface area (Å²) >= 11 is 7.82. The Hall–Kier alpha value is -1.65. The predicted molar refractivity (Wildman–Crippen MR) is 102 cm³/mol. The van der Waals surface area contributed by atoms with Crippen molar-refractivity contribution < 1.29 is 4.79 Å². The highest BCUT2D eigenvalue weighted by atomic mass is 35.5. The van der Waals surface area contributed by atoms with Crippen molar-refractivity contribution in [2.75, 3.05) is 18.8 Å². The van der Waals surface area contributed by atoms with Gasteiger partial charge in [-0.2, -0.15) is 11.8 Å². The first-order chi connectivity index (χ1) is 11.7. The van der Waals surface area contributed by atoms with Crippen LogP contribution in [0.2, 0.25) is 5.02 Å². The summed E-state index contributed by atoms with van der Waals surface area (Å²) in [5, 5.41) is 4.19. The fourth-order valence-electron chi connectivity index (χ4n) is 2.80. The maximum absolute atomic E-state index is 12.4. The van der Waals surface area contributed by atoms with Crippen LogP contribution in [0.1, 0.15) is 22.8 Å². The van der Waals surface area contributed by atoms with Crippen LogP contribution in [0.3, 0.4) is 0 Å². The number of carbonyl (C=O) groups is 1. The maximum atomic E-state index is 12.4. The molecule has 5 heteroatoms. The normalized spacial score (nSPS) is 18.0. The van der Waals surface area contributed by atoms with E-state index in [4.69, 9.17) is 11.6 Å². The van der Waals surface area contributed by atoms with Crippen molar-refractivity contribution in [2.24, 2.45) is 0 Å². The van der Waals surface area contributed by atoms with Crippen LogP contribution in [0.25, 0.3) is 0 Å². The first kappa shape index (κ1) is 17.2. The molecule has 0 saturated carbocycles. The summed E-state index contributed by atoms with van der Waals surface area (Å²) in [5.74, 6) is 0.966. The fourth-order valence-corrected chi connectivity index (χ4v) is 4.16. The lowest BCUT2D eigenvalue weighted by Gasteiger charge is -2.21. The van der Waals surface area contributed by atoms with Gasteiger partial charge in [-0.1, -0.05) is 54.1 Å². The molecule has 2 aromatic rings. The molecule has 1 heterocycles. The zero-order valence-electron chi connectivity index (χ0n) is 13.5. The minimum Gasteiger partial charge on any atom is -0.334 e. The largest absolute Gasteiger partial charge is 0.334 e. The van der Waals surface area contributed by atoms with Gasteiger partial charge < -0.3 is 10.2 Å². The first-order valence-corrected chi connectivity index (χ1v) is 9.59. The van der Waals surface area contributed by atoms with Crippen LogP contribution in [-0.2, 0) is 6.54 Å². The van der Waals surface area contributed by atoms with Gasteiger partial charge in [-0.05, 0) is 29.7 Å². The molecule has 1 atom stereocenters. The van der Waals surface area contributed by atoms with Gasteiger partial charge in [0.1, 0.15) is 0 Å². The number of benzene rings is 2. The van der Waals surface area contributed by atoms with E-state index in [1.54, 1.807) is 0 Å². The van der Waals surface area contributed by atoms with Crippen LogP contribution < -0.4 is 5.32 Å². The number of thioether (sulfide) groups is 1. The smallest absolute Gasteiger partial charge is 0.317 e. The molecule has 1 N–H and O–H groups in total. The topological polar surface area (TPSA) is 32.3 Å². The van der Waals surface area contributed by atoms with Gasteiger partial charge in [-0.3, -0.25) is 0 Å². The minimum absolute atomic E-state index is 0.0132. The molecule has 0 aliphatic carbocycles. The van der Waals surface area contributed by atoms with E-state index < -0.39 is 0 Å². The minimum atomic E-state index is 0.0132. The zero-order valence-corrected chi connectivity index (χ0v) is 15.0. The highest BCUT2D eigenvalue weighted by molar-refractivity contribution is 7.99. The van der Waals surface area contributed by atoms with Crippen molar-refractivity contribution in [1.29, 1.82) is 0 Å². The Bertz CT molecular complexity index is 663. The zero-order chi connectivity index (χ0) is 16.8. The highest BCUT2D eigenvalue weighted by Crippen LogP contribution is 2.34. The molecule has 0 spiro atoms. The second-order valence-corrected chi connectivity index (χ2v) is 7.58. The molecule has 2 aromatic carbocycles. The molecule has 126 valence electrons. The first-order valence-electron chi connectivity index (χ1n) is 8.16. The van der Waals surface area contributed by atoms with E-state index in [0.29, 0.717) is 16.8 Å². The molecule has 0 bridgehead atoms. The average Bonchev–Trinajstić information content (AvgIpc) is 2.88. The number of carbonyl (C=O) groups excluding carboxylic acids is 1. The van der Waals surface area contributed by atoms with E-state index in [9.17, 15) is 4.79 Å². The number of halogens is 1. The summed E-state index contributed by atoms with van der Waals surface area (Å²) < 4.78 is 0. The molecule has 1 saturated heterocycles. The lowest BCUT2D eigenvalue weighted by Crippen LogP contribution is -2.40. The second kappa shape index (κ2) is 8.45. The second-order valence-electron chi connectivity index (χ2n) is 5.83. The standard InChI is InChI=1S/C19H21ClN2OS/c20-17-8-6-15(7-9-17)14-21-19(23)22-11-10-18(24-13-12-22)16-4-2-1-3-5-16/h1-9,18H,10-14H2,(H,21,23)/t18-/m0/s1. The Morgan fingerprint density at radius 3 is 2.62 bits per heavy atom. The molecule has 3 rings (SSSR count). The molecule has 0 radical (unpaired) electrons. The molecular weight excluding hydrogens is 340 g/mol. The van der Waals surface area contributed by atoms with Crippen molar-refractivity contribution in [3.05, 3.63) is 70.7 Å². The molecule has 3 nitrogen and oxygen atoms in total. The Morgan fingerprint density at radius 2 is 1.88 bits per heavy atom. The Balaban J connectivity index is 1.52. The summed E-state index contributed by atoms with van der Waals surface area (Å²) in [6, 6.07) is 18.1. The Morgan fingerprint density at radius 1 is 1.12 bits per heavy atom. The molecule has 2 amide bonds. The third-order valence-electron chi connectivity index (χ3n) is 4.16. The highest BCUT2D eigenvalue weighted by Gasteiger charge is 2.21. The number of nitrogens with zero attached hydrogens (tertiary/aromatic N) is 1. The number of amides is 2.